The van der Waals surface area contributed by atoms with E-state index in [1.54, 1.807) is 6.07 Å². The predicted octanol–water partition coefficient (Wildman–Crippen LogP) is 2.75. The van der Waals surface area contributed by atoms with Gasteiger partial charge in [0.1, 0.15) is 11.9 Å². The van der Waals surface area contributed by atoms with Crippen molar-refractivity contribution in [2.75, 3.05) is 27.6 Å². The number of phenols is 1. The van der Waals surface area contributed by atoms with Crippen LogP contribution in [0.15, 0.2) is 18.2 Å². The van der Waals surface area contributed by atoms with Crippen molar-refractivity contribution in [1.82, 2.24) is 0 Å². The molecule has 0 bridgehead atoms. The zero-order chi connectivity index (χ0) is 17.1. The highest BCUT2D eigenvalue weighted by Crippen LogP contribution is 2.58. The maximum Gasteiger partial charge on any atom is 0.231 e. The normalized spacial score (nSPS) is 21.5. The average molecular weight is 344 g/mol. The Morgan fingerprint density at radius 3 is 2.44 bits per heavy atom. The fourth-order valence-corrected chi connectivity index (χ4v) is 3.72. The summed E-state index contributed by atoms with van der Waals surface area (Å²) in [4.78, 5) is 0. The molecule has 3 aliphatic heterocycles. The van der Waals surface area contributed by atoms with Crippen LogP contribution < -0.4 is 28.4 Å². The number of methoxy groups -OCH3 is 2. The van der Waals surface area contributed by atoms with Gasteiger partial charge >= 0.3 is 0 Å². The number of benzene rings is 2. The first-order valence-corrected chi connectivity index (χ1v) is 7.92. The van der Waals surface area contributed by atoms with Crippen LogP contribution in [0.2, 0.25) is 0 Å². The van der Waals surface area contributed by atoms with E-state index in [0.717, 1.165) is 16.9 Å². The third-order valence-electron chi connectivity index (χ3n) is 4.85. The summed E-state index contributed by atoms with van der Waals surface area (Å²) in [7, 11) is 2.98. The van der Waals surface area contributed by atoms with E-state index in [-0.39, 0.29) is 30.3 Å². The van der Waals surface area contributed by atoms with Crippen molar-refractivity contribution < 1.29 is 33.5 Å². The van der Waals surface area contributed by atoms with Crippen LogP contribution in [0.3, 0.4) is 0 Å². The van der Waals surface area contributed by atoms with Crippen LogP contribution >= 0.6 is 0 Å². The maximum atomic E-state index is 10.3. The molecular formula is C18H16O7. The van der Waals surface area contributed by atoms with Gasteiger partial charge in [-0.1, -0.05) is 0 Å². The molecule has 2 aromatic rings. The van der Waals surface area contributed by atoms with Gasteiger partial charge in [-0.15, -0.1) is 0 Å². The van der Waals surface area contributed by atoms with Crippen LogP contribution in [0.5, 0.6) is 40.2 Å². The SMILES string of the molecule is COc1c(O)cc2c(c1OC)OCC1c3cc4c(cc3OC21)OCO4. The van der Waals surface area contributed by atoms with Crippen LogP contribution in [0, 0.1) is 0 Å². The van der Waals surface area contributed by atoms with Crippen molar-refractivity contribution in [1.29, 1.82) is 0 Å². The molecule has 2 atom stereocenters. The minimum absolute atomic E-state index is 0.00509. The van der Waals surface area contributed by atoms with Crippen LogP contribution in [0.25, 0.3) is 0 Å². The van der Waals surface area contributed by atoms with Gasteiger partial charge in [-0.25, -0.2) is 0 Å². The van der Waals surface area contributed by atoms with Crippen molar-refractivity contribution in [2.45, 2.75) is 12.0 Å². The molecule has 0 aliphatic carbocycles. The first kappa shape index (κ1) is 14.4. The van der Waals surface area contributed by atoms with Gasteiger partial charge in [0.15, 0.2) is 23.0 Å². The van der Waals surface area contributed by atoms with Crippen LogP contribution in [-0.2, 0) is 0 Å². The topological polar surface area (TPSA) is 75.6 Å². The van der Waals surface area contributed by atoms with Crippen LogP contribution in [-0.4, -0.2) is 32.7 Å². The molecule has 5 rings (SSSR count). The molecule has 0 spiro atoms. The maximum absolute atomic E-state index is 10.3. The zero-order valence-corrected chi connectivity index (χ0v) is 13.7. The molecule has 130 valence electrons. The Labute approximate surface area is 143 Å². The number of rotatable bonds is 2. The standard InChI is InChI=1S/C18H16O7/c1-20-17-11(19)3-9-15-10(6-22-16(9)18(17)21-2)8-4-13-14(24-7-23-13)5-12(8)25-15/h3-5,10,15,19H,6-7H2,1-2H3. The summed E-state index contributed by atoms with van der Waals surface area (Å²) >= 11 is 0. The van der Waals surface area contributed by atoms with Gasteiger partial charge in [-0.05, 0) is 12.1 Å². The van der Waals surface area contributed by atoms with Gasteiger partial charge in [0.05, 0.1) is 26.7 Å². The highest BCUT2D eigenvalue weighted by molar-refractivity contribution is 5.65. The third-order valence-corrected chi connectivity index (χ3v) is 4.85. The lowest BCUT2D eigenvalue weighted by Crippen LogP contribution is -2.23. The van der Waals surface area contributed by atoms with Crippen LogP contribution in [0.4, 0.5) is 0 Å². The Bertz CT molecular complexity index is 876. The second-order valence-corrected chi connectivity index (χ2v) is 6.08. The molecule has 3 heterocycles. The molecule has 0 saturated heterocycles. The second kappa shape index (κ2) is 5.02. The summed E-state index contributed by atoms with van der Waals surface area (Å²) in [6.45, 7) is 0.644. The minimum atomic E-state index is -0.285. The lowest BCUT2D eigenvalue weighted by molar-refractivity contribution is 0.133. The molecule has 3 aliphatic rings. The van der Waals surface area contributed by atoms with Gasteiger partial charge in [0.2, 0.25) is 18.3 Å². The lowest BCUT2D eigenvalue weighted by Gasteiger charge is -2.29. The van der Waals surface area contributed by atoms with Gasteiger partial charge < -0.3 is 33.5 Å². The van der Waals surface area contributed by atoms with Gasteiger partial charge in [-0.2, -0.15) is 0 Å². The summed E-state index contributed by atoms with van der Waals surface area (Å²) < 4.78 is 33.6. The number of hydrogen-bond acceptors (Lipinski definition) is 7. The molecule has 7 nitrogen and oxygen atoms in total. The number of fused-ring (bicyclic) bond motifs is 6. The Kier molecular flexibility index (Phi) is 2.89. The van der Waals surface area contributed by atoms with Crippen LogP contribution in [0.1, 0.15) is 23.1 Å². The number of ether oxygens (including phenoxy) is 6. The summed E-state index contributed by atoms with van der Waals surface area (Å²) in [6.07, 6.45) is -0.285. The predicted molar refractivity (Wildman–Crippen MR) is 85.4 cm³/mol. The van der Waals surface area contributed by atoms with E-state index in [1.807, 2.05) is 12.1 Å². The Balaban J connectivity index is 1.62. The first-order chi connectivity index (χ1) is 12.2. The summed E-state index contributed by atoms with van der Waals surface area (Å²) in [5, 5.41) is 10.3. The molecule has 0 radical (unpaired) electrons. The van der Waals surface area contributed by atoms with Gasteiger partial charge in [-0.3, -0.25) is 0 Å². The van der Waals surface area contributed by atoms with E-state index in [1.165, 1.54) is 14.2 Å². The number of aromatic hydroxyl groups is 1. The molecule has 25 heavy (non-hydrogen) atoms. The highest BCUT2D eigenvalue weighted by atomic mass is 16.7. The monoisotopic (exact) mass is 344 g/mol. The summed E-state index contributed by atoms with van der Waals surface area (Å²) in [5.74, 6) is 3.25. The Morgan fingerprint density at radius 2 is 1.68 bits per heavy atom. The first-order valence-electron chi connectivity index (χ1n) is 7.92. The molecule has 0 aromatic heterocycles. The van der Waals surface area contributed by atoms with E-state index in [4.69, 9.17) is 28.4 Å². The zero-order valence-electron chi connectivity index (χ0n) is 13.7. The molecule has 2 unspecified atom stereocenters. The van der Waals surface area contributed by atoms with Gasteiger partial charge in [0.25, 0.3) is 0 Å². The number of hydrogen-bond donors (Lipinski definition) is 1. The van der Waals surface area contributed by atoms with Gasteiger partial charge in [0, 0.05) is 17.2 Å². The minimum Gasteiger partial charge on any atom is -0.504 e. The molecule has 1 N–H and O–H groups in total. The van der Waals surface area contributed by atoms with Crippen molar-refractivity contribution in [3.8, 4) is 40.2 Å². The van der Waals surface area contributed by atoms with E-state index < -0.39 is 0 Å². The van der Waals surface area contributed by atoms with Crippen molar-refractivity contribution in [3.05, 3.63) is 29.3 Å². The Morgan fingerprint density at radius 1 is 0.920 bits per heavy atom. The van der Waals surface area contributed by atoms with E-state index in [2.05, 4.69) is 0 Å². The van der Waals surface area contributed by atoms with Crippen molar-refractivity contribution >= 4 is 0 Å². The fraction of sp³-hybridized carbons (Fsp3) is 0.333. The molecule has 2 aromatic carbocycles. The molecular weight excluding hydrogens is 328 g/mol. The largest absolute Gasteiger partial charge is 0.504 e. The lowest BCUT2D eigenvalue weighted by atomic mass is 9.88. The summed E-state index contributed by atoms with van der Waals surface area (Å²) in [5.41, 5.74) is 1.73. The molecule has 0 fully saturated rings. The number of phenolic OH excluding ortho intramolecular Hbond substituents is 1. The third kappa shape index (κ3) is 1.86. The second-order valence-electron chi connectivity index (χ2n) is 6.08. The summed E-state index contributed by atoms with van der Waals surface area (Å²) in [6, 6.07) is 5.40. The highest BCUT2D eigenvalue weighted by Gasteiger charge is 2.44. The smallest absolute Gasteiger partial charge is 0.231 e. The Hall–Kier alpha value is -2.96. The van der Waals surface area contributed by atoms with E-state index in [9.17, 15) is 5.11 Å². The van der Waals surface area contributed by atoms with Crippen molar-refractivity contribution in [3.63, 3.8) is 0 Å². The quantitative estimate of drug-likeness (QED) is 0.898. The fourth-order valence-electron chi connectivity index (χ4n) is 3.72. The van der Waals surface area contributed by atoms with E-state index in [0.29, 0.717) is 29.6 Å². The van der Waals surface area contributed by atoms with E-state index >= 15 is 0 Å². The van der Waals surface area contributed by atoms with Crippen molar-refractivity contribution in [2.24, 2.45) is 0 Å². The molecule has 0 amide bonds. The average Bonchev–Trinajstić information content (AvgIpc) is 3.22. The molecule has 7 heteroatoms. The molecule has 0 saturated carbocycles.